The first kappa shape index (κ1) is 16.4. The van der Waals surface area contributed by atoms with Crippen LogP contribution in [-0.4, -0.2) is 36.6 Å². The van der Waals surface area contributed by atoms with Gasteiger partial charge in [-0.3, -0.25) is 15.0 Å². The lowest BCUT2D eigenvalue weighted by atomic mass is 9.89. The first-order chi connectivity index (χ1) is 12.6. The molecule has 0 saturated carbocycles. The minimum absolute atomic E-state index is 0.0531. The van der Waals surface area contributed by atoms with E-state index in [4.69, 9.17) is 0 Å². The molecule has 0 saturated heterocycles. The van der Waals surface area contributed by atoms with E-state index in [2.05, 4.69) is 24.9 Å². The Balaban J connectivity index is 2.07. The second-order valence-electron chi connectivity index (χ2n) is 6.64. The maximum atomic E-state index is 11.7. The largest absolute Gasteiger partial charge is 0.396 e. The molecule has 0 amide bonds. The molecule has 1 atom stereocenters. The van der Waals surface area contributed by atoms with Crippen molar-refractivity contribution >= 4 is 22.2 Å². The molecule has 0 aliphatic heterocycles. The fourth-order valence-electron chi connectivity index (χ4n) is 3.25. The number of aliphatic hydroxyl groups is 1. The number of aromatic amines is 2. The molecule has 4 rings (SSSR count). The minimum Gasteiger partial charge on any atom is -0.396 e. The van der Waals surface area contributed by atoms with E-state index in [1.54, 1.807) is 6.20 Å². The van der Waals surface area contributed by atoms with Crippen molar-refractivity contribution in [3.63, 3.8) is 0 Å². The number of benzene rings is 1. The Hall–Kier alpha value is -3.06. The maximum Gasteiger partial charge on any atom is 0.326 e. The number of hydrogen-bond acceptors (Lipinski definition) is 5. The van der Waals surface area contributed by atoms with E-state index in [-0.39, 0.29) is 24.1 Å². The van der Waals surface area contributed by atoms with Gasteiger partial charge in [0.05, 0.1) is 23.5 Å². The van der Waals surface area contributed by atoms with Crippen LogP contribution in [0.25, 0.3) is 33.5 Å². The number of nitrogens with zero attached hydrogens (tertiary/aromatic N) is 3. The lowest BCUT2D eigenvalue weighted by molar-refractivity contribution is 0.235. The topological polar surface area (TPSA) is 108 Å². The average molecular weight is 349 g/mol. The van der Waals surface area contributed by atoms with Gasteiger partial charge in [-0.05, 0) is 18.1 Å². The fraction of sp³-hybridized carbons (Fsp3) is 0.263. The smallest absolute Gasteiger partial charge is 0.326 e. The molecule has 0 unspecified atom stereocenters. The van der Waals surface area contributed by atoms with Gasteiger partial charge in [0.1, 0.15) is 0 Å². The summed E-state index contributed by atoms with van der Waals surface area (Å²) in [6.45, 7) is 4.00. The highest BCUT2D eigenvalue weighted by Gasteiger charge is 2.24. The van der Waals surface area contributed by atoms with Gasteiger partial charge in [-0.15, -0.1) is 0 Å². The summed E-state index contributed by atoms with van der Waals surface area (Å²) in [6.07, 6.45) is 1.75. The molecule has 3 N–H and O–H groups in total. The highest BCUT2D eigenvalue weighted by molar-refractivity contribution is 5.94. The fourth-order valence-corrected chi connectivity index (χ4v) is 3.25. The summed E-state index contributed by atoms with van der Waals surface area (Å²) in [5.74, 6) is -0.0449. The van der Waals surface area contributed by atoms with Gasteiger partial charge in [-0.1, -0.05) is 32.0 Å². The van der Waals surface area contributed by atoms with Crippen LogP contribution in [-0.2, 0) is 0 Å². The van der Waals surface area contributed by atoms with Gasteiger partial charge in [-0.25, -0.2) is 14.8 Å². The molecule has 26 heavy (non-hydrogen) atoms. The number of aliphatic hydroxyl groups excluding tert-OH is 1. The first-order valence-electron chi connectivity index (χ1n) is 8.53. The van der Waals surface area contributed by atoms with Crippen LogP contribution in [0, 0.1) is 5.92 Å². The molecule has 7 heteroatoms. The quantitative estimate of drug-likeness (QED) is 0.525. The van der Waals surface area contributed by atoms with Crippen molar-refractivity contribution in [3.05, 3.63) is 52.7 Å². The van der Waals surface area contributed by atoms with Crippen LogP contribution in [0.15, 0.2) is 41.3 Å². The number of H-pyrrole nitrogens is 2. The first-order valence-corrected chi connectivity index (χ1v) is 8.53. The van der Waals surface area contributed by atoms with Crippen molar-refractivity contribution in [2.24, 2.45) is 5.92 Å². The number of nitrogens with one attached hydrogen (secondary N) is 2. The van der Waals surface area contributed by atoms with E-state index in [1.807, 2.05) is 44.2 Å². The Morgan fingerprint density at radius 2 is 1.85 bits per heavy atom. The van der Waals surface area contributed by atoms with Gasteiger partial charge in [-0.2, -0.15) is 0 Å². The van der Waals surface area contributed by atoms with Gasteiger partial charge in [0, 0.05) is 23.1 Å². The Kier molecular flexibility index (Phi) is 4.00. The second-order valence-corrected chi connectivity index (χ2v) is 6.64. The van der Waals surface area contributed by atoms with Crippen molar-refractivity contribution < 1.29 is 5.11 Å². The van der Waals surface area contributed by atoms with E-state index >= 15 is 0 Å². The zero-order valence-electron chi connectivity index (χ0n) is 14.5. The molecule has 132 valence electrons. The number of fused-ring (bicyclic) bond motifs is 2. The molecule has 0 bridgehead atoms. The van der Waals surface area contributed by atoms with Crippen LogP contribution < -0.4 is 5.69 Å². The Labute approximate surface area is 149 Å². The molecule has 7 nitrogen and oxygen atoms in total. The number of hydrogen-bond donors (Lipinski definition) is 3. The monoisotopic (exact) mass is 349 g/mol. The van der Waals surface area contributed by atoms with Crippen molar-refractivity contribution in [3.8, 4) is 11.3 Å². The second kappa shape index (κ2) is 6.34. The third-order valence-corrected chi connectivity index (χ3v) is 4.64. The highest BCUT2D eigenvalue weighted by Crippen LogP contribution is 2.34. The lowest BCUT2D eigenvalue weighted by Crippen LogP contribution is -2.15. The molecule has 3 aromatic heterocycles. The van der Waals surface area contributed by atoms with Crippen molar-refractivity contribution in [1.29, 1.82) is 0 Å². The third-order valence-electron chi connectivity index (χ3n) is 4.64. The van der Waals surface area contributed by atoms with Crippen molar-refractivity contribution in [1.82, 2.24) is 24.9 Å². The van der Waals surface area contributed by atoms with Crippen LogP contribution in [0.2, 0.25) is 0 Å². The molecule has 0 aliphatic rings. The predicted octanol–water partition coefficient (Wildman–Crippen LogP) is 2.59. The number of imidazole rings is 1. The summed E-state index contributed by atoms with van der Waals surface area (Å²) >= 11 is 0. The SMILES string of the molecule is CC(C)[C@H](CO)c1nc2[nH]c(=O)[nH]c2nc1-c1cccc2ncccc12. The summed E-state index contributed by atoms with van der Waals surface area (Å²) in [5, 5.41) is 10.9. The van der Waals surface area contributed by atoms with Crippen LogP contribution in [0.5, 0.6) is 0 Å². The van der Waals surface area contributed by atoms with Crippen LogP contribution in [0.3, 0.4) is 0 Å². The maximum absolute atomic E-state index is 11.7. The van der Waals surface area contributed by atoms with Gasteiger partial charge >= 0.3 is 5.69 Å². The molecular formula is C19H19N5O2. The van der Waals surface area contributed by atoms with Crippen LogP contribution in [0.4, 0.5) is 0 Å². The molecule has 0 aliphatic carbocycles. The molecular weight excluding hydrogens is 330 g/mol. The Morgan fingerprint density at radius 3 is 2.58 bits per heavy atom. The van der Waals surface area contributed by atoms with Gasteiger partial charge in [0.2, 0.25) is 0 Å². The van der Waals surface area contributed by atoms with E-state index in [9.17, 15) is 9.90 Å². The molecule has 0 fully saturated rings. The third kappa shape index (κ3) is 2.66. The van der Waals surface area contributed by atoms with Crippen LogP contribution in [0.1, 0.15) is 25.5 Å². The molecule has 3 heterocycles. The minimum atomic E-state index is -0.354. The summed E-state index contributed by atoms with van der Waals surface area (Å²) in [7, 11) is 0. The zero-order chi connectivity index (χ0) is 18.3. The summed E-state index contributed by atoms with van der Waals surface area (Å²) in [6, 6.07) is 9.68. The van der Waals surface area contributed by atoms with Crippen LogP contribution >= 0.6 is 0 Å². The normalized spacial score (nSPS) is 12.9. The summed E-state index contributed by atoms with van der Waals surface area (Å²) in [4.78, 5) is 30.7. The zero-order valence-corrected chi connectivity index (χ0v) is 14.5. The average Bonchev–Trinajstić information content (AvgIpc) is 3.00. The molecule has 4 aromatic rings. The number of aromatic nitrogens is 5. The summed E-state index contributed by atoms with van der Waals surface area (Å²) < 4.78 is 0. The Bertz CT molecular complexity index is 1140. The lowest BCUT2D eigenvalue weighted by Gasteiger charge is -2.20. The van der Waals surface area contributed by atoms with E-state index in [0.29, 0.717) is 22.7 Å². The summed E-state index contributed by atoms with van der Waals surface area (Å²) in [5.41, 5.74) is 3.49. The molecule has 0 spiro atoms. The molecule has 1 aromatic carbocycles. The predicted molar refractivity (Wildman–Crippen MR) is 99.9 cm³/mol. The highest BCUT2D eigenvalue weighted by atomic mass is 16.3. The van der Waals surface area contributed by atoms with E-state index < -0.39 is 0 Å². The van der Waals surface area contributed by atoms with E-state index in [1.165, 1.54) is 0 Å². The van der Waals surface area contributed by atoms with Gasteiger partial charge < -0.3 is 5.11 Å². The van der Waals surface area contributed by atoms with Gasteiger partial charge in [0.15, 0.2) is 11.3 Å². The molecule has 0 radical (unpaired) electrons. The number of pyridine rings is 1. The van der Waals surface area contributed by atoms with E-state index in [0.717, 1.165) is 16.5 Å². The number of rotatable bonds is 4. The van der Waals surface area contributed by atoms with Crippen molar-refractivity contribution in [2.45, 2.75) is 19.8 Å². The van der Waals surface area contributed by atoms with Crippen molar-refractivity contribution in [2.75, 3.05) is 6.61 Å². The Morgan fingerprint density at radius 1 is 1.08 bits per heavy atom. The van der Waals surface area contributed by atoms with Gasteiger partial charge in [0.25, 0.3) is 0 Å². The standard InChI is InChI=1S/C19H19N5O2/c1-10(2)13(9-25)16-15(21-17-18(22-16)24-19(26)23-17)12-5-3-7-14-11(12)6-4-8-20-14/h3-8,10,13,25H,9H2,1-2H3,(H2,21,22,23,24,26)/t13-/m0/s1.